The lowest BCUT2D eigenvalue weighted by molar-refractivity contribution is -0.137. The molecule has 0 atom stereocenters. The lowest BCUT2D eigenvalue weighted by Gasteiger charge is -2.14. The van der Waals surface area contributed by atoms with Gasteiger partial charge in [-0.1, -0.05) is 0 Å². The van der Waals surface area contributed by atoms with Crippen molar-refractivity contribution >= 4 is 23.4 Å². The van der Waals surface area contributed by atoms with Gasteiger partial charge in [0.05, 0.1) is 18.4 Å². The van der Waals surface area contributed by atoms with E-state index in [1.165, 1.54) is 14.2 Å². The molecule has 0 aliphatic rings. The molecule has 1 aromatic carbocycles. The summed E-state index contributed by atoms with van der Waals surface area (Å²) in [6.45, 7) is 0. The van der Waals surface area contributed by atoms with Crippen molar-refractivity contribution in [1.29, 1.82) is 0 Å². The number of hydrogen-bond donors (Lipinski definition) is 3. The van der Waals surface area contributed by atoms with E-state index in [4.69, 9.17) is 9.84 Å². The van der Waals surface area contributed by atoms with E-state index in [0.717, 1.165) is 12.1 Å². The summed E-state index contributed by atoms with van der Waals surface area (Å²) in [5.74, 6) is -3.35. The van der Waals surface area contributed by atoms with Crippen LogP contribution in [-0.4, -0.2) is 35.2 Å². The molecule has 1 aromatic heterocycles. The van der Waals surface area contributed by atoms with Gasteiger partial charge in [0.2, 0.25) is 5.95 Å². The van der Waals surface area contributed by atoms with E-state index >= 15 is 0 Å². The molecule has 0 saturated heterocycles. The third-order valence-electron chi connectivity index (χ3n) is 3.10. The maximum Gasteiger partial charge on any atom is 0.421 e. The van der Waals surface area contributed by atoms with Crippen molar-refractivity contribution in [2.24, 2.45) is 0 Å². The van der Waals surface area contributed by atoms with E-state index in [1.807, 2.05) is 0 Å². The number of aromatic nitrogens is 2. The van der Waals surface area contributed by atoms with Crippen LogP contribution in [0.4, 0.5) is 35.0 Å². The second-order valence-electron chi connectivity index (χ2n) is 4.67. The molecule has 1 heterocycles. The van der Waals surface area contributed by atoms with E-state index in [9.17, 15) is 22.4 Å². The van der Waals surface area contributed by atoms with E-state index in [0.29, 0.717) is 6.20 Å². The minimum absolute atomic E-state index is 0.0479. The van der Waals surface area contributed by atoms with Crippen LogP contribution in [0.25, 0.3) is 0 Å². The number of carbonyl (C=O) groups is 1. The fourth-order valence-electron chi connectivity index (χ4n) is 1.94. The van der Waals surface area contributed by atoms with Crippen molar-refractivity contribution in [3.8, 4) is 5.75 Å². The van der Waals surface area contributed by atoms with Crippen molar-refractivity contribution in [3.05, 3.63) is 35.3 Å². The van der Waals surface area contributed by atoms with Crippen LogP contribution in [0, 0.1) is 5.82 Å². The van der Waals surface area contributed by atoms with E-state index in [2.05, 4.69) is 20.6 Å². The van der Waals surface area contributed by atoms with E-state index in [-0.39, 0.29) is 17.4 Å². The fourth-order valence-corrected chi connectivity index (χ4v) is 1.94. The monoisotopic (exact) mass is 360 g/mol. The Kier molecular flexibility index (Phi) is 4.95. The minimum atomic E-state index is -4.65. The van der Waals surface area contributed by atoms with Crippen LogP contribution >= 0.6 is 0 Å². The van der Waals surface area contributed by atoms with Crippen LogP contribution in [-0.2, 0) is 6.18 Å². The second-order valence-corrected chi connectivity index (χ2v) is 4.67. The molecular weight excluding hydrogens is 348 g/mol. The van der Waals surface area contributed by atoms with Crippen LogP contribution in [0.5, 0.6) is 5.75 Å². The zero-order chi connectivity index (χ0) is 18.8. The number of anilines is 3. The summed E-state index contributed by atoms with van der Waals surface area (Å²) in [7, 11) is 2.47. The maximum absolute atomic E-state index is 13.8. The first-order chi connectivity index (χ1) is 11.7. The van der Waals surface area contributed by atoms with Gasteiger partial charge in [-0.2, -0.15) is 18.2 Å². The fraction of sp³-hybridized carbons (Fsp3) is 0.214. The lowest BCUT2D eigenvalue weighted by Crippen LogP contribution is -2.13. The average molecular weight is 360 g/mol. The molecule has 134 valence electrons. The first kappa shape index (κ1) is 18.2. The molecule has 0 radical (unpaired) electrons. The number of methoxy groups -OCH3 is 1. The Hall–Kier alpha value is -3.11. The van der Waals surface area contributed by atoms with Gasteiger partial charge in [0, 0.05) is 19.3 Å². The molecule has 3 N–H and O–H groups in total. The van der Waals surface area contributed by atoms with Gasteiger partial charge < -0.3 is 20.5 Å². The molecule has 25 heavy (non-hydrogen) atoms. The predicted molar refractivity (Wildman–Crippen MR) is 79.8 cm³/mol. The Morgan fingerprint density at radius 1 is 1.32 bits per heavy atom. The molecule has 0 spiro atoms. The Labute approximate surface area is 138 Å². The summed E-state index contributed by atoms with van der Waals surface area (Å²) in [6.07, 6.45) is -4.08. The summed E-state index contributed by atoms with van der Waals surface area (Å²) < 4.78 is 57.2. The molecule has 0 aliphatic heterocycles. The number of ether oxygens (including phenoxy) is 1. The van der Waals surface area contributed by atoms with Crippen molar-refractivity contribution in [2.45, 2.75) is 6.18 Å². The Morgan fingerprint density at radius 2 is 2.00 bits per heavy atom. The third-order valence-corrected chi connectivity index (χ3v) is 3.10. The topological polar surface area (TPSA) is 96.4 Å². The summed E-state index contributed by atoms with van der Waals surface area (Å²) in [5, 5.41) is 13.7. The van der Waals surface area contributed by atoms with Gasteiger partial charge >= 0.3 is 12.1 Å². The SMILES string of the molecule is CNc1nc(Nc2cc(F)c(C(=O)O)cc2OC)ncc1C(F)(F)F. The van der Waals surface area contributed by atoms with Crippen molar-refractivity contribution in [3.63, 3.8) is 0 Å². The molecular formula is C14H12F4N4O3. The van der Waals surface area contributed by atoms with Gasteiger partial charge in [0.25, 0.3) is 0 Å². The van der Waals surface area contributed by atoms with E-state index < -0.39 is 34.9 Å². The third kappa shape index (κ3) is 3.87. The maximum atomic E-state index is 13.8. The first-order valence-corrected chi connectivity index (χ1v) is 6.67. The molecule has 0 amide bonds. The second kappa shape index (κ2) is 6.79. The number of hydrogen-bond acceptors (Lipinski definition) is 6. The Morgan fingerprint density at radius 3 is 2.52 bits per heavy atom. The summed E-state index contributed by atoms with van der Waals surface area (Å²) in [5.41, 5.74) is -1.74. The normalized spacial score (nSPS) is 11.1. The quantitative estimate of drug-likeness (QED) is 0.705. The van der Waals surface area contributed by atoms with Crippen LogP contribution in [0.2, 0.25) is 0 Å². The van der Waals surface area contributed by atoms with Crippen molar-refractivity contribution in [2.75, 3.05) is 24.8 Å². The summed E-state index contributed by atoms with van der Waals surface area (Å²) >= 11 is 0. The van der Waals surface area contributed by atoms with Crippen LogP contribution in [0.15, 0.2) is 18.3 Å². The Bertz CT molecular complexity index is 811. The number of alkyl halides is 3. The molecule has 0 bridgehead atoms. The highest BCUT2D eigenvalue weighted by atomic mass is 19.4. The van der Waals surface area contributed by atoms with Crippen molar-refractivity contribution < 1.29 is 32.2 Å². The largest absolute Gasteiger partial charge is 0.495 e. The van der Waals surface area contributed by atoms with Crippen LogP contribution in [0.3, 0.4) is 0 Å². The number of nitrogens with one attached hydrogen (secondary N) is 2. The number of halogens is 4. The molecule has 0 aliphatic carbocycles. The minimum Gasteiger partial charge on any atom is -0.495 e. The lowest BCUT2D eigenvalue weighted by atomic mass is 10.1. The van der Waals surface area contributed by atoms with Crippen LogP contribution in [0.1, 0.15) is 15.9 Å². The van der Waals surface area contributed by atoms with Gasteiger partial charge in [0.1, 0.15) is 22.9 Å². The van der Waals surface area contributed by atoms with Gasteiger partial charge in [-0.3, -0.25) is 0 Å². The molecule has 0 unspecified atom stereocenters. The molecule has 0 saturated carbocycles. The highest BCUT2D eigenvalue weighted by Gasteiger charge is 2.35. The van der Waals surface area contributed by atoms with Gasteiger partial charge in [-0.25, -0.2) is 14.2 Å². The van der Waals surface area contributed by atoms with Gasteiger partial charge in [-0.15, -0.1) is 0 Å². The number of rotatable bonds is 5. The average Bonchev–Trinajstić information content (AvgIpc) is 2.53. The summed E-state index contributed by atoms with van der Waals surface area (Å²) in [4.78, 5) is 18.1. The van der Waals surface area contributed by atoms with E-state index in [1.54, 1.807) is 0 Å². The number of nitrogens with zero attached hydrogens (tertiary/aromatic N) is 2. The van der Waals surface area contributed by atoms with Crippen molar-refractivity contribution in [1.82, 2.24) is 9.97 Å². The number of carboxylic acids is 1. The standard InChI is InChI=1S/C14H12F4N4O3/c1-19-11-7(14(16,17)18)5-20-13(22-11)21-9-4-8(15)6(12(23)24)3-10(9)25-2/h3-5H,1-2H3,(H,23,24)(H2,19,20,21,22). The molecule has 2 aromatic rings. The van der Waals surface area contributed by atoms with Gasteiger partial charge in [-0.05, 0) is 6.07 Å². The Balaban J connectivity index is 2.43. The zero-order valence-corrected chi connectivity index (χ0v) is 12.9. The number of carboxylic acid groups (broad SMARTS) is 1. The molecule has 0 fully saturated rings. The first-order valence-electron chi connectivity index (χ1n) is 6.67. The molecule has 7 nitrogen and oxygen atoms in total. The highest BCUT2D eigenvalue weighted by molar-refractivity contribution is 5.89. The zero-order valence-electron chi connectivity index (χ0n) is 12.9. The predicted octanol–water partition coefficient (Wildman–Crippen LogP) is 3.13. The highest BCUT2D eigenvalue weighted by Crippen LogP contribution is 2.35. The number of aromatic carboxylic acids is 1. The molecule has 11 heteroatoms. The van der Waals surface area contributed by atoms with Crippen LogP contribution < -0.4 is 15.4 Å². The summed E-state index contributed by atoms with van der Waals surface area (Å²) in [6, 6.07) is 1.76. The van der Waals surface area contributed by atoms with Gasteiger partial charge in [0.15, 0.2) is 0 Å². The number of benzene rings is 1. The smallest absolute Gasteiger partial charge is 0.421 e. The molecule has 2 rings (SSSR count).